The van der Waals surface area contributed by atoms with Crippen molar-refractivity contribution in [1.29, 1.82) is 0 Å². The molecule has 0 amide bonds. The third kappa shape index (κ3) is 3.53. The van der Waals surface area contributed by atoms with E-state index in [9.17, 15) is 4.39 Å². The number of hydrogen-bond acceptors (Lipinski definition) is 3. The van der Waals surface area contributed by atoms with Crippen LogP contribution in [0.2, 0.25) is 0 Å². The van der Waals surface area contributed by atoms with Gasteiger partial charge in [-0.05, 0) is 26.5 Å². The van der Waals surface area contributed by atoms with Gasteiger partial charge >= 0.3 is 0 Å². The summed E-state index contributed by atoms with van der Waals surface area (Å²) in [6.07, 6.45) is 0.909. The first-order valence-electron chi connectivity index (χ1n) is 6.87. The summed E-state index contributed by atoms with van der Waals surface area (Å²) >= 11 is 0. The van der Waals surface area contributed by atoms with Crippen molar-refractivity contribution in [3.63, 3.8) is 0 Å². The molecule has 0 spiro atoms. The summed E-state index contributed by atoms with van der Waals surface area (Å²) < 4.78 is 19.3. The minimum absolute atomic E-state index is 0.0373. The molecule has 1 aromatic rings. The van der Waals surface area contributed by atoms with E-state index >= 15 is 0 Å². The Bertz CT molecular complexity index is 413. The van der Waals surface area contributed by atoms with E-state index < -0.39 is 0 Å². The predicted molar refractivity (Wildman–Crippen MR) is 74.3 cm³/mol. The number of ether oxygens (including phenoxy) is 1. The molecular weight excluding hydrogens is 243 g/mol. The van der Waals surface area contributed by atoms with Crippen molar-refractivity contribution in [2.75, 3.05) is 26.8 Å². The summed E-state index contributed by atoms with van der Waals surface area (Å²) in [7, 11) is 2.01. The van der Waals surface area contributed by atoms with Gasteiger partial charge in [0.25, 0.3) is 0 Å². The van der Waals surface area contributed by atoms with Crippen molar-refractivity contribution >= 4 is 0 Å². The fraction of sp³-hybridized carbons (Fsp3) is 0.600. The second-order valence-corrected chi connectivity index (χ2v) is 5.42. The van der Waals surface area contributed by atoms with Crippen LogP contribution in [-0.4, -0.2) is 37.7 Å². The Morgan fingerprint density at radius 2 is 2.21 bits per heavy atom. The number of benzene rings is 1. The topological polar surface area (TPSA) is 38.5 Å². The molecule has 0 aromatic heterocycles. The Morgan fingerprint density at radius 3 is 2.89 bits per heavy atom. The maximum atomic E-state index is 13.8. The average Bonchev–Trinajstić information content (AvgIpc) is 2.41. The molecule has 1 aliphatic rings. The van der Waals surface area contributed by atoms with Crippen LogP contribution in [0.1, 0.15) is 24.9 Å². The molecule has 3 nitrogen and oxygen atoms in total. The standard InChI is InChI=1S/C15H23FN2O/c1-11(13-5-3-4-6-14(13)16)18(2)9-12-10-19-8-7-15(12)17/h3-6,11-12,15H,7-10,17H2,1-2H3. The molecule has 0 aliphatic carbocycles. The van der Waals surface area contributed by atoms with Gasteiger partial charge in [0.2, 0.25) is 0 Å². The quantitative estimate of drug-likeness (QED) is 0.908. The van der Waals surface area contributed by atoms with E-state index in [-0.39, 0.29) is 17.9 Å². The number of hydrogen-bond donors (Lipinski definition) is 1. The molecule has 2 rings (SSSR count). The van der Waals surface area contributed by atoms with E-state index in [0.717, 1.165) is 25.1 Å². The molecule has 106 valence electrons. The summed E-state index contributed by atoms with van der Waals surface area (Å²) in [5.74, 6) is 0.180. The van der Waals surface area contributed by atoms with Crippen molar-refractivity contribution in [2.24, 2.45) is 11.7 Å². The zero-order valence-corrected chi connectivity index (χ0v) is 11.7. The number of rotatable bonds is 4. The lowest BCUT2D eigenvalue weighted by molar-refractivity contribution is 0.0246. The van der Waals surface area contributed by atoms with Crippen LogP contribution in [0.15, 0.2) is 24.3 Å². The van der Waals surface area contributed by atoms with Crippen LogP contribution in [0.25, 0.3) is 0 Å². The van der Waals surface area contributed by atoms with Crippen molar-refractivity contribution in [2.45, 2.75) is 25.4 Å². The summed E-state index contributed by atoms with van der Waals surface area (Å²) in [6.45, 7) is 4.31. The minimum atomic E-state index is -0.147. The lowest BCUT2D eigenvalue weighted by Crippen LogP contribution is -2.44. The van der Waals surface area contributed by atoms with Crippen LogP contribution in [0.4, 0.5) is 4.39 Å². The van der Waals surface area contributed by atoms with E-state index in [1.54, 1.807) is 6.07 Å². The molecule has 4 heteroatoms. The maximum absolute atomic E-state index is 13.8. The Kier molecular flexibility index (Phi) is 4.91. The molecule has 19 heavy (non-hydrogen) atoms. The first kappa shape index (κ1) is 14.4. The minimum Gasteiger partial charge on any atom is -0.381 e. The van der Waals surface area contributed by atoms with Crippen molar-refractivity contribution in [3.05, 3.63) is 35.6 Å². The van der Waals surface area contributed by atoms with Crippen LogP contribution in [0.5, 0.6) is 0 Å². The van der Waals surface area contributed by atoms with Gasteiger partial charge in [-0.25, -0.2) is 4.39 Å². The highest BCUT2D eigenvalue weighted by Crippen LogP contribution is 2.24. The SMILES string of the molecule is CC(c1ccccc1F)N(C)CC1COCCC1N. The molecule has 1 aliphatic heterocycles. The smallest absolute Gasteiger partial charge is 0.127 e. The van der Waals surface area contributed by atoms with Gasteiger partial charge in [-0.2, -0.15) is 0 Å². The van der Waals surface area contributed by atoms with E-state index in [0.29, 0.717) is 12.5 Å². The predicted octanol–water partition coefficient (Wildman–Crippen LogP) is 2.18. The van der Waals surface area contributed by atoms with Gasteiger partial charge in [-0.1, -0.05) is 18.2 Å². The molecule has 1 aromatic carbocycles. The monoisotopic (exact) mass is 266 g/mol. The number of nitrogens with zero attached hydrogens (tertiary/aromatic N) is 1. The highest BCUT2D eigenvalue weighted by molar-refractivity contribution is 5.20. The zero-order chi connectivity index (χ0) is 13.8. The molecular formula is C15H23FN2O. The third-order valence-electron chi connectivity index (χ3n) is 4.07. The Labute approximate surface area is 114 Å². The lowest BCUT2D eigenvalue weighted by Gasteiger charge is -2.34. The lowest BCUT2D eigenvalue weighted by atomic mass is 9.95. The van der Waals surface area contributed by atoms with E-state index in [2.05, 4.69) is 4.90 Å². The molecule has 0 radical (unpaired) electrons. The van der Waals surface area contributed by atoms with Crippen LogP contribution in [0, 0.1) is 11.7 Å². The zero-order valence-electron chi connectivity index (χ0n) is 11.7. The molecule has 3 unspecified atom stereocenters. The number of halogens is 1. The second-order valence-electron chi connectivity index (χ2n) is 5.42. The fourth-order valence-electron chi connectivity index (χ4n) is 2.58. The second kappa shape index (κ2) is 6.46. The van der Waals surface area contributed by atoms with Gasteiger partial charge in [-0.15, -0.1) is 0 Å². The van der Waals surface area contributed by atoms with Crippen molar-refractivity contribution in [3.8, 4) is 0 Å². The molecule has 2 N–H and O–H groups in total. The summed E-state index contributed by atoms with van der Waals surface area (Å²) in [6, 6.07) is 7.16. The highest BCUT2D eigenvalue weighted by Gasteiger charge is 2.26. The molecule has 0 saturated carbocycles. The van der Waals surface area contributed by atoms with Crippen LogP contribution in [0.3, 0.4) is 0 Å². The third-order valence-corrected chi connectivity index (χ3v) is 4.07. The molecule has 0 bridgehead atoms. The molecule has 1 saturated heterocycles. The summed E-state index contributed by atoms with van der Waals surface area (Å²) in [4.78, 5) is 2.15. The molecule has 1 heterocycles. The van der Waals surface area contributed by atoms with E-state index in [4.69, 9.17) is 10.5 Å². The van der Waals surface area contributed by atoms with Crippen LogP contribution >= 0.6 is 0 Å². The normalized spacial score (nSPS) is 25.5. The van der Waals surface area contributed by atoms with Gasteiger partial charge < -0.3 is 10.5 Å². The van der Waals surface area contributed by atoms with Crippen molar-refractivity contribution < 1.29 is 9.13 Å². The van der Waals surface area contributed by atoms with Crippen LogP contribution in [-0.2, 0) is 4.74 Å². The first-order chi connectivity index (χ1) is 9.09. The Hall–Kier alpha value is -0.970. The van der Waals surface area contributed by atoms with Gasteiger partial charge in [0.05, 0.1) is 6.61 Å². The van der Waals surface area contributed by atoms with Gasteiger partial charge in [0.15, 0.2) is 0 Å². The molecule has 1 fully saturated rings. The maximum Gasteiger partial charge on any atom is 0.127 e. The first-order valence-corrected chi connectivity index (χ1v) is 6.87. The van der Waals surface area contributed by atoms with Crippen LogP contribution < -0.4 is 5.73 Å². The summed E-state index contributed by atoms with van der Waals surface area (Å²) in [5, 5.41) is 0. The van der Waals surface area contributed by atoms with E-state index in [1.807, 2.05) is 26.1 Å². The Balaban J connectivity index is 1.99. The molecule has 3 atom stereocenters. The highest BCUT2D eigenvalue weighted by atomic mass is 19.1. The Morgan fingerprint density at radius 1 is 1.47 bits per heavy atom. The number of nitrogens with two attached hydrogens (primary N) is 1. The van der Waals surface area contributed by atoms with Gasteiger partial charge in [-0.3, -0.25) is 4.90 Å². The average molecular weight is 266 g/mol. The summed E-state index contributed by atoms with van der Waals surface area (Å²) in [5.41, 5.74) is 6.85. The fourth-order valence-corrected chi connectivity index (χ4v) is 2.58. The van der Waals surface area contributed by atoms with Gasteiger partial charge in [0, 0.05) is 36.7 Å². The largest absolute Gasteiger partial charge is 0.381 e. The van der Waals surface area contributed by atoms with E-state index in [1.165, 1.54) is 6.07 Å². The van der Waals surface area contributed by atoms with Gasteiger partial charge in [0.1, 0.15) is 5.82 Å². The van der Waals surface area contributed by atoms with Crippen molar-refractivity contribution in [1.82, 2.24) is 4.90 Å².